The molecule has 3 aromatic rings. The number of rotatable bonds is 6. The molecule has 33 heavy (non-hydrogen) atoms. The Morgan fingerprint density at radius 2 is 1.88 bits per heavy atom. The van der Waals surface area contributed by atoms with E-state index in [0.29, 0.717) is 28.8 Å². The van der Waals surface area contributed by atoms with E-state index in [1.807, 2.05) is 13.1 Å². The maximum atomic E-state index is 12.9. The van der Waals surface area contributed by atoms with Crippen LogP contribution in [0.25, 0.3) is 11.1 Å². The van der Waals surface area contributed by atoms with Crippen LogP contribution in [0, 0.1) is 12.8 Å². The number of thiophene rings is 1. The lowest BCUT2D eigenvalue weighted by Crippen LogP contribution is -2.31. The number of aryl methyl sites for hydroxylation is 1. The molecule has 0 bridgehead atoms. The number of hydrogen-bond acceptors (Lipinski definition) is 4. The van der Waals surface area contributed by atoms with E-state index in [4.69, 9.17) is 0 Å². The molecule has 2 heterocycles. The van der Waals surface area contributed by atoms with Crippen molar-refractivity contribution in [3.05, 3.63) is 70.2 Å². The molecule has 8 heteroatoms. The SMILES string of the molecule is Cc1cc(C2CCC(CNC(=O)c3sccc3-c3ccccc3OC(F)(F)F)CC2)ccn1. The van der Waals surface area contributed by atoms with E-state index in [1.165, 1.54) is 35.1 Å². The predicted octanol–water partition coefficient (Wildman–Crippen LogP) is 6.72. The first-order chi connectivity index (χ1) is 15.8. The first-order valence-electron chi connectivity index (χ1n) is 10.9. The number of carbonyl (C=O) groups is 1. The normalized spacial score (nSPS) is 18.7. The van der Waals surface area contributed by atoms with Crippen molar-refractivity contribution in [2.75, 3.05) is 6.54 Å². The van der Waals surface area contributed by atoms with Gasteiger partial charge in [-0.25, -0.2) is 0 Å². The zero-order chi connectivity index (χ0) is 23.4. The molecule has 1 aliphatic rings. The van der Waals surface area contributed by atoms with Gasteiger partial charge in [0.25, 0.3) is 5.91 Å². The third-order valence-corrected chi connectivity index (χ3v) is 6.98. The highest BCUT2D eigenvalue weighted by atomic mass is 32.1. The number of alkyl halides is 3. The summed E-state index contributed by atoms with van der Waals surface area (Å²) in [5, 5.41) is 4.70. The van der Waals surface area contributed by atoms with Crippen molar-refractivity contribution in [3.8, 4) is 16.9 Å². The predicted molar refractivity (Wildman–Crippen MR) is 122 cm³/mol. The quantitative estimate of drug-likeness (QED) is 0.431. The molecule has 1 fully saturated rings. The Hall–Kier alpha value is -2.87. The Morgan fingerprint density at radius 3 is 2.61 bits per heavy atom. The van der Waals surface area contributed by atoms with Crippen LogP contribution < -0.4 is 10.1 Å². The second kappa shape index (κ2) is 9.95. The molecule has 1 amide bonds. The van der Waals surface area contributed by atoms with Crippen molar-refractivity contribution in [2.24, 2.45) is 5.92 Å². The van der Waals surface area contributed by atoms with Crippen LogP contribution in [-0.4, -0.2) is 23.8 Å². The largest absolute Gasteiger partial charge is 0.573 e. The van der Waals surface area contributed by atoms with Gasteiger partial charge in [0.1, 0.15) is 5.75 Å². The van der Waals surface area contributed by atoms with Gasteiger partial charge in [-0.2, -0.15) is 0 Å². The highest BCUT2D eigenvalue weighted by molar-refractivity contribution is 7.12. The second-order valence-corrected chi connectivity index (χ2v) is 9.28. The maximum absolute atomic E-state index is 12.9. The number of pyridine rings is 1. The summed E-state index contributed by atoms with van der Waals surface area (Å²) in [5.41, 5.74) is 3.03. The molecule has 1 aliphatic carbocycles. The molecular formula is C25H25F3N2O2S. The summed E-state index contributed by atoms with van der Waals surface area (Å²) in [6.45, 7) is 2.55. The van der Waals surface area contributed by atoms with Gasteiger partial charge in [-0.1, -0.05) is 18.2 Å². The lowest BCUT2D eigenvalue weighted by atomic mass is 9.79. The molecule has 0 atom stereocenters. The van der Waals surface area contributed by atoms with Crippen molar-refractivity contribution >= 4 is 17.2 Å². The summed E-state index contributed by atoms with van der Waals surface area (Å²) in [4.78, 5) is 17.5. The van der Waals surface area contributed by atoms with Crippen LogP contribution in [-0.2, 0) is 0 Å². The van der Waals surface area contributed by atoms with Gasteiger partial charge in [-0.15, -0.1) is 24.5 Å². The number of ether oxygens (including phenoxy) is 1. The Kier molecular flexibility index (Phi) is 7.02. The molecule has 0 unspecified atom stereocenters. The summed E-state index contributed by atoms with van der Waals surface area (Å²) in [6, 6.07) is 11.8. The summed E-state index contributed by atoms with van der Waals surface area (Å²) < 4.78 is 42.6. The summed E-state index contributed by atoms with van der Waals surface area (Å²) in [5.74, 6) is 0.320. The third kappa shape index (κ3) is 5.93. The van der Waals surface area contributed by atoms with Crippen molar-refractivity contribution < 1.29 is 22.7 Å². The standard InChI is InChI=1S/C25H25F3N2O2S/c1-16-14-19(10-12-29-16)18-8-6-17(7-9-18)15-30-24(31)23-21(11-13-33-23)20-4-2-3-5-22(20)32-25(26,27)28/h2-5,10-14,17-18H,6-9,15H2,1H3,(H,30,31). The van der Waals surface area contributed by atoms with Crippen LogP contribution in [0.5, 0.6) is 5.75 Å². The molecule has 1 saturated carbocycles. The summed E-state index contributed by atoms with van der Waals surface area (Å²) in [7, 11) is 0. The van der Waals surface area contributed by atoms with Crippen molar-refractivity contribution in [3.63, 3.8) is 0 Å². The van der Waals surface area contributed by atoms with Crippen LogP contribution in [0.1, 0.15) is 52.5 Å². The molecule has 1 aromatic carbocycles. The number of aromatic nitrogens is 1. The van der Waals surface area contributed by atoms with Gasteiger partial charge >= 0.3 is 6.36 Å². The van der Waals surface area contributed by atoms with Crippen molar-refractivity contribution in [2.45, 2.75) is 44.9 Å². The molecular weight excluding hydrogens is 449 g/mol. The molecule has 2 aromatic heterocycles. The van der Waals surface area contributed by atoms with E-state index in [9.17, 15) is 18.0 Å². The Labute approximate surface area is 194 Å². The van der Waals surface area contributed by atoms with E-state index in [0.717, 1.165) is 31.4 Å². The molecule has 0 radical (unpaired) electrons. The van der Waals surface area contributed by atoms with Gasteiger partial charge in [-0.3, -0.25) is 9.78 Å². The molecule has 0 spiro atoms. The number of para-hydroxylation sites is 1. The monoisotopic (exact) mass is 474 g/mol. The average Bonchev–Trinajstić information content (AvgIpc) is 3.27. The van der Waals surface area contributed by atoms with Gasteiger partial charge < -0.3 is 10.1 Å². The topological polar surface area (TPSA) is 51.2 Å². The van der Waals surface area contributed by atoms with E-state index < -0.39 is 6.36 Å². The first kappa shape index (κ1) is 23.3. The number of halogens is 3. The van der Waals surface area contributed by atoms with Gasteiger partial charge in [0.05, 0.1) is 4.88 Å². The molecule has 4 rings (SSSR count). The first-order valence-corrected chi connectivity index (χ1v) is 11.8. The maximum Gasteiger partial charge on any atom is 0.573 e. The van der Waals surface area contributed by atoms with Gasteiger partial charge in [0.15, 0.2) is 0 Å². The van der Waals surface area contributed by atoms with Crippen LogP contribution in [0.15, 0.2) is 54.0 Å². The van der Waals surface area contributed by atoms with Gasteiger partial charge in [0.2, 0.25) is 0 Å². The fourth-order valence-corrected chi connectivity index (χ4v) is 5.26. The summed E-state index contributed by atoms with van der Waals surface area (Å²) in [6.07, 6.45) is 1.22. The Bertz CT molecular complexity index is 1100. The highest BCUT2D eigenvalue weighted by Gasteiger charge is 2.32. The average molecular weight is 475 g/mol. The second-order valence-electron chi connectivity index (χ2n) is 8.37. The fourth-order valence-electron chi connectivity index (χ4n) is 4.44. The molecule has 0 saturated heterocycles. The lowest BCUT2D eigenvalue weighted by molar-refractivity contribution is -0.274. The fraction of sp³-hybridized carbons (Fsp3) is 0.360. The number of nitrogens with zero attached hydrogens (tertiary/aromatic N) is 1. The van der Waals surface area contributed by atoms with E-state index in [1.54, 1.807) is 17.5 Å². The number of nitrogens with one attached hydrogen (secondary N) is 1. The number of carbonyl (C=O) groups excluding carboxylic acids is 1. The van der Waals surface area contributed by atoms with Crippen LogP contribution >= 0.6 is 11.3 Å². The molecule has 0 aliphatic heterocycles. The molecule has 174 valence electrons. The third-order valence-electron chi connectivity index (χ3n) is 6.06. The smallest absolute Gasteiger partial charge is 0.405 e. The Balaban J connectivity index is 1.37. The number of amides is 1. The number of benzene rings is 1. The van der Waals surface area contributed by atoms with Gasteiger partial charge in [-0.05, 0) is 79.7 Å². The lowest BCUT2D eigenvalue weighted by Gasteiger charge is -2.29. The highest BCUT2D eigenvalue weighted by Crippen LogP contribution is 2.38. The van der Waals surface area contributed by atoms with E-state index in [-0.39, 0.29) is 17.2 Å². The zero-order valence-electron chi connectivity index (χ0n) is 18.2. The van der Waals surface area contributed by atoms with Crippen LogP contribution in [0.2, 0.25) is 0 Å². The van der Waals surface area contributed by atoms with E-state index >= 15 is 0 Å². The molecule has 1 N–H and O–H groups in total. The minimum atomic E-state index is -4.80. The van der Waals surface area contributed by atoms with Gasteiger partial charge in [0, 0.05) is 29.6 Å². The zero-order valence-corrected chi connectivity index (χ0v) is 19.0. The van der Waals surface area contributed by atoms with Crippen LogP contribution in [0.4, 0.5) is 13.2 Å². The van der Waals surface area contributed by atoms with Crippen LogP contribution in [0.3, 0.4) is 0 Å². The minimum Gasteiger partial charge on any atom is -0.405 e. The van der Waals surface area contributed by atoms with Crippen molar-refractivity contribution in [1.29, 1.82) is 0 Å². The van der Waals surface area contributed by atoms with Crippen molar-refractivity contribution in [1.82, 2.24) is 10.3 Å². The van der Waals surface area contributed by atoms with E-state index in [2.05, 4.69) is 27.2 Å². The Morgan fingerprint density at radius 1 is 1.12 bits per heavy atom. The molecule has 4 nitrogen and oxygen atoms in total. The number of hydrogen-bond donors (Lipinski definition) is 1. The minimum absolute atomic E-state index is 0.245. The summed E-state index contributed by atoms with van der Waals surface area (Å²) >= 11 is 1.21.